The van der Waals surface area contributed by atoms with E-state index < -0.39 is 0 Å². The molecule has 1 fully saturated rings. The molecule has 0 radical (unpaired) electrons. The Bertz CT molecular complexity index is 520. The molecule has 1 aliphatic carbocycles. The first-order valence-electron chi connectivity index (χ1n) is 10.9. The van der Waals surface area contributed by atoms with Crippen molar-refractivity contribution in [1.82, 2.24) is 0 Å². The van der Waals surface area contributed by atoms with Crippen LogP contribution in [-0.2, 0) is 11.2 Å². The van der Waals surface area contributed by atoms with Crippen LogP contribution >= 0.6 is 0 Å². The molecule has 0 aliphatic heterocycles. The van der Waals surface area contributed by atoms with Crippen molar-refractivity contribution in [2.75, 3.05) is 0 Å². The zero-order chi connectivity index (χ0) is 18.8. The Labute approximate surface area is 160 Å². The summed E-state index contributed by atoms with van der Waals surface area (Å²) in [5.41, 5.74) is 1.33. The maximum Gasteiger partial charge on any atom is 0.314 e. The fraction of sp³-hybridized carbons (Fsp3) is 0.708. The highest BCUT2D eigenvalue weighted by molar-refractivity contribution is 5.75. The smallest absolute Gasteiger partial charge is 0.314 e. The molecule has 146 valence electrons. The monoisotopic (exact) mass is 358 g/mol. The molecule has 1 aromatic carbocycles. The average Bonchev–Trinajstić information content (AvgIpc) is 2.63. The van der Waals surface area contributed by atoms with Crippen molar-refractivity contribution in [1.29, 1.82) is 0 Å². The van der Waals surface area contributed by atoms with Gasteiger partial charge in [-0.1, -0.05) is 71.4 Å². The highest BCUT2D eigenvalue weighted by Gasteiger charge is 2.33. The van der Waals surface area contributed by atoms with Gasteiger partial charge < -0.3 is 4.74 Å². The molecule has 0 N–H and O–H groups in total. The quantitative estimate of drug-likeness (QED) is 0.257. The number of ether oxygens (including phenoxy) is 1. The number of esters is 1. The summed E-state index contributed by atoms with van der Waals surface area (Å²) in [5.74, 6) is 2.00. The zero-order valence-corrected chi connectivity index (χ0v) is 17.1. The number of rotatable bonds is 10. The zero-order valence-electron chi connectivity index (χ0n) is 17.1. The van der Waals surface area contributed by atoms with Gasteiger partial charge in [0.2, 0.25) is 0 Å². The van der Waals surface area contributed by atoms with Gasteiger partial charge in [0, 0.05) is 0 Å². The van der Waals surface area contributed by atoms with Gasteiger partial charge in [0.15, 0.2) is 0 Å². The maximum absolute atomic E-state index is 12.6. The second-order valence-electron chi connectivity index (χ2n) is 8.28. The number of hydrogen-bond acceptors (Lipinski definition) is 2. The number of hydrogen-bond donors (Lipinski definition) is 0. The SMILES string of the molecule is CCCCCc1ccc(OC(=O)[C@@H]2CC[C@H](CCCCC)C[C@H]2C)cc1. The third-order valence-electron chi connectivity index (χ3n) is 6.01. The molecule has 0 amide bonds. The molecule has 0 bridgehead atoms. The van der Waals surface area contributed by atoms with Gasteiger partial charge >= 0.3 is 5.97 Å². The first-order chi connectivity index (χ1) is 12.6. The van der Waals surface area contributed by atoms with Crippen LogP contribution in [0.3, 0.4) is 0 Å². The minimum atomic E-state index is -0.0248. The van der Waals surface area contributed by atoms with Crippen molar-refractivity contribution in [2.45, 2.75) is 91.4 Å². The number of aryl methyl sites for hydroxylation is 1. The summed E-state index contributed by atoms with van der Waals surface area (Å²) < 4.78 is 5.70. The molecule has 3 atom stereocenters. The van der Waals surface area contributed by atoms with Crippen molar-refractivity contribution in [2.24, 2.45) is 17.8 Å². The molecular formula is C24H38O2. The molecule has 0 unspecified atom stereocenters. The Kier molecular flexibility index (Phi) is 9.22. The molecular weight excluding hydrogens is 320 g/mol. The summed E-state index contributed by atoms with van der Waals surface area (Å²) in [6.07, 6.45) is 13.5. The minimum absolute atomic E-state index is 0.0248. The molecule has 1 aromatic rings. The number of benzene rings is 1. The molecule has 0 saturated heterocycles. The molecule has 2 rings (SSSR count). The summed E-state index contributed by atoms with van der Waals surface area (Å²) in [7, 11) is 0. The van der Waals surface area contributed by atoms with Crippen LogP contribution in [0.15, 0.2) is 24.3 Å². The topological polar surface area (TPSA) is 26.3 Å². The molecule has 1 aliphatic rings. The molecule has 0 heterocycles. The lowest BCUT2D eigenvalue weighted by Crippen LogP contribution is -2.32. The van der Waals surface area contributed by atoms with Gasteiger partial charge in [-0.15, -0.1) is 0 Å². The third kappa shape index (κ3) is 6.78. The maximum atomic E-state index is 12.6. The average molecular weight is 359 g/mol. The van der Waals surface area contributed by atoms with Gasteiger partial charge in [0.05, 0.1) is 5.92 Å². The van der Waals surface area contributed by atoms with Gasteiger partial charge in [0.25, 0.3) is 0 Å². The van der Waals surface area contributed by atoms with Gasteiger partial charge in [-0.25, -0.2) is 0 Å². The van der Waals surface area contributed by atoms with Crippen molar-refractivity contribution >= 4 is 5.97 Å². The molecule has 0 aromatic heterocycles. The van der Waals surface area contributed by atoms with E-state index in [-0.39, 0.29) is 11.9 Å². The fourth-order valence-electron chi connectivity index (χ4n) is 4.30. The largest absolute Gasteiger partial charge is 0.426 e. The fourth-order valence-corrected chi connectivity index (χ4v) is 4.30. The lowest BCUT2D eigenvalue weighted by atomic mass is 9.73. The first-order valence-corrected chi connectivity index (χ1v) is 10.9. The highest BCUT2D eigenvalue weighted by atomic mass is 16.5. The van der Waals surface area contributed by atoms with Crippen LogP contribution < -0.4 is 4.74 Å². The van der Waals surface area contributed by atoms with E-state index in [1.54, 1.807) is 0 Å². The lowest BCUT2D eigenvalue weighted by Gasteiger charge is -2.32. The molecule has 1 saturated carbocycles. The Morgan fingerprint density at radius 1 is 1.00 bits per heavy atom. The van der Waals surface area contributed by atoms with Gasteiger partial charge in [-0.05, 0) is 61.6 Å². The second kappa shape index (κ2) is 11.4. The number of carbonyl (C=O) groups excluding carboxylic acids is 1. The minimum Gasteiger partial charge on any atom is -0.426 e. The summed E-state index contributed by atoms with van der Waals surface area (Å²) in [5, 5.41) is 0. The Hall–Kier alpha value is -1.31. The van der Waals surface area contributed by atoms with Gasteiger partial charge in [-0.2, -0.15) is 0 Å². The predicted octanol–water partition coefficient (Wildman–Crippen LogP) is 6.96. The van der Waals surface area contributed by atoms with Gasteiger partial charge in [-0.3, -0.25) is 4.79 Å². The Morgan fingerprint density at radius 3 is 2.35 bits per heavy atom. The van der Waals surface area contributed by atoms with Crippen LogP contribution in [0.25, 0.3) is 0 Å². The van der Waals surface area contributed by atoms with E-state index in [4.69, 9.17) is 4.74 Å². The van der Waals surface area contributed by atoms with E-state index in [0.717, 1.165) is 18.8 Å². The van der Waals surface area contributed by atoms with Crippen molar-refractivity contribution in [3.05, 3.63) is 29.8 Å². The highest BCUT2D eigenvalue weighted by Crippen LogP contribution is 2.37. The number of carbonyl (C=O) groups is 1. The van der Waals surface area contributed by atoms with Crippen LogP contribution in [0, 0.1) is 17.8 Å². The van der Waals surface area contributed by atoms with E-state index in [1.165, 1.54) is 63.4 Å². The van der Waals surface area contributed by atoms with Crippen LogP contribution in [-0.4, -0.2) is 5.97 Å². The standard InChI is InChI=1S/C24H38O2/c1-4-6-8-10-20-12-15-22(16-13-20)26-24(25)23-17-14-21(18-19(23)3)11-9-7-5-2/h12-13,15-16,19,21,23H,4-11,14,17-18H2,1-3H3/t19-,21+,23-/m1/s1. The molecule has 2 heteroatoms. The first kappa shape index (κ1) is 21.0. The van der Waals surface area contributed by atoms with Crippen LogP contribution in [0.5, 0.6) is 5.75 Å². The van der Waals surface area contributed by atoms with Crippen molar-refractivity contribution < 1.29 is 9.53 Å². The van der Waals surface area contributed by atoms with E-state index >= 15 is 0 Å². The molecule has 0 spiro atoms. The van der Waals surface area contributed by atoms with E-state index in [2.05, 4.69) is 32.9 Å². The Morgan fingerprint density at radius 2 is 1.69 bits per heavy atom. The third-order valence-corrected chi connectivity index (χ3v) is 6.01. The van der Waals surface area contributed by atoms with Crippen LogP contribution in [0.4, 0.5) is 0 Å². The summed E-state index contributed by atoms with van der Waals surface area (Å²) in [6.45, 7) is 6.71. The predicted molar refractivity (Wildman–Crippen MR) is 109 cm³/mol. The van der Waals surface area contributed by atoms with E-state index in [9.17, 15) is 4.79 Å². The Balaban J connectivity index is 1.78. The molecule has 2 nitrogen and oxygen atoms in total. The van der Waals surface area contributed by atoms with E-state index in [0.29, 0.717) is 11.7 Å². The summed E-state index contributed by atoms with van der Waals surface area (Å²) >= 11 is 0. The second-order valence-corrected chi connectivity index (χ2v) is 8.28. The summed E-state index contributed by atoms with van der Waals surface area (Å²) in [4.78, 5) is 12.6. The summed E-state index contributed by atoms with van der Waals surface area (Å²) in [6, 6.07) is 8.12. The van der Waals surface area contributed by atoms with E-state index in [1.807, 2.05) is 12.1 Å². The van der Waals surface area contributed by atoms with Crippen LogP contribution in [0.1, 0.15) is 90.5 Å². The normalized spacial score (nSPS) is 23.0. The van der Waals surface area contributed by atoms with Crippen molar-refractivity contribution in [3.63, 3.8) is 0 Å². The number of unbranched alkanes of at least 4 members (excludes halogenated alkanes) is 4. The van der Waals surface area contributed by atoms with Crippen molar-refractivity contribution in [3.8, 4) is 5.75 Å². The lowest BCUT2D eigenvalue weighted by molar-refractivity contribution is -0.142. The van der Waals surface area contributed by atoms with Crippen LogP contribution in [0.2, 0.25) is 0 Å². The van der Waals surface area contributed by atoms with Gasteiger partial charge in [0.1, 0.15) is 5.75 Å². The molecule has 26 heavy (non-hydrogen) atoms.